The first-order chi connectivity index (χ1) is 21.3. The molecule has 1 aromatic heterocycles. The zero-order valence-corrected chi connectivity index (χ0v) is 25.4. The number of carboxylic acids is 1. The Balaban J connectivity index is 1.97. The van der Waals surface area contributed by atoms with E-state index in [2.05, 4.69) is 5.32 Å². The number of hydrogen-bond acceptors (Lipinski definition) is 6. The minimum atomic E-state index is -4.04. The van der Waals surface area contributed by atoms with Gasteiger partial charge >= 0.3 is 5.97 Å². The molecule has 1 unspecified atom stereocenters. The van der Waals surface area contributed by atoms with E-state index in [1.807, 2.05) is 32.0 Å². The lowest BCUT2D eigenvalue weighted by atomic mass is 9.94. The van der Waals surface area contributed by atoms with E-state index in [0.29, 0.717) is 27.9 Å². The van der Waals surface area contributed by atoms with E-state index >= 15 is 0 Å². The summed E-state index contributed by atoms with van der Waals surface area (Å²) in [6, 6.07) is 20.0. The van der Waals surface area contributed by atoms with Gasteiger partial charge in [0.05, 0.1) is 23.5 Å². The number of nitrogens with one attached hydrogen (secondary N) is 1. The van der Waals surface area contributed by atoms with Crippen LogP contribution in [0.15, 0.2) is 89.8 Å². The number of aliphatic carboxylic acids is 1. The Morgan fingerprint density at radius 3 is 2.20 bits per heavy atom. The van der Waals surface area contributed by atoms with Crippen LogP contribution in [-0.4, -0.2) is 52.4 Å². The van der Waals surface area contributed by atoms with Crippen LogP contribution < -0.4 is 10.5 Å². The molecule has 12 heteroatoms. The van der Waals surface area contributed by atoms with Crippen LogP contribution in [0.25, 0.3) is 28.3 Å². The standard InChI is InChI=1S/C33H34FN3O7S/c1-20(2)37-28(16-15-25(38)18-26(39)19-29(40)41)30(22-11-13-23(34)14-12-22)31(21-7-4-3-5-8-21)32(37)33(42)36-24-9-6-10-27(17-24)45(35,43)44/h3-17,20,25-26,38-39H,18-19H2,1-2H3,(H,36,42)(H,40,41)(H2,35,43,44)/b16-15+/t25?,26-/m1/s1. The molecule has 0 aliphatic heterocycles. The number of halogens is 1. The van der Waals surface area contributed by atoms with Gasteiger partial charge in [0.15, 0.2) is 0 Å². The van der Waals surface area contributed by atoms with Gasteiger partial charge < -0.3 is 25.2 Å². The van der Waals surface area contributed by atoms with Crippen molar-refractivity contribution >= 4 is 33.7 Å². The van der Waals surface area contributed by atoms with E-state index in [1.165, 1.54) is 42.5 Å². The molecule has 4 rings (SSSR count). The molecule has 1 heterocycles. The maximum absolute atomic E-state index is 14.2. The molecule has 0 aliphatic carbocycles. The molecule has 1 amide bonds. The molecule has 0 fully saturated rings. The van der Waals surface area contributed by atoms with Gasteiger partial charge in [-0.05, 0) is 61.4 Å². The van der Waals surface area contributed by atoms with E-state index in [-0.39, 0.29) is 28.7 Å². The number of sulfonamides is 1. The van der Waals surface area contributed by atoms with Gasteiger partial charge in [-0.1, -0.05) is 54.6 Å². The van der Waals surface area contributed by atoms with Gasteiger partial charge in [0.25, 0.3) is 5.91 Å². The maximum Gasteiger partial charge on any atom is 0.305 e. The molecule has 3 aromatic carbocycles. The number of nitrogens with zero attached hydrogens (tertiary/aromatic N) is 1. The van der Waals surface area contributed by atoms with Crippen molar-refractivity contribution in [3.8, 4) is 22.3 Å². The number of carboxylic acid groups (broad SMARTS) is 1. The van der Waals surface area contributed by atoms with Crippen molar-refractivity contribution in [3.63, 3.8) is 0 Å². The third-order valence-corrected chi connectivity index (χ3v) is 7.90. The fourth-order valence-corrected chi connectivity index (χ4v) is 5.67. The number of hydrogen-bond donors (Lipinski definition) is 5. The zero-order chi connectivity index (χ0) is 32.9. The molecular formula is C33H34FN3O7S. The average molecular weight is 636 g/mol. The van der Waals surface area contributed by atoms with Gasteiger partial charge in [0.1, 0.15) is 11.5 Å². The monoisotopic (exact) mass is 635 g/mol. The van der Waals surface area contributed by atoms with E-state index in [9.17, 15) is 32.6 Å². The summed E-state index contributed by atoms with van der Waals surface area (Å²) in [6.07, 6.45) is -0.307. The number of carbonyl (C=O) groups is 2. The third kappa shape index (κ3) is 8.11. The second-order valence-electron chi connectivity index (χ2n) is 10.8. The van der Waals surface area contributed by atoms with Crippen LogP contribution in [0.3, 0.4) is 0 Å². The number of benzene rings is 3. The Kier molecular flexibility index (Phi) is 10.3. The van der Waals surface area contributed by atoms with Crippen molar-refractivity contribution < 1.29 is 37.7 Å². The van der Waals surface area contributed by atoms with E-state index in [0.717, 1.165) is 0 Å². The first-order valence-corrected chi connectivity index (χ1v) is 15.6. The quantitative estimate of drug-likeness (QED) is 0.145. The molecule has 2 atom stereocenters. The molecule has 6 N–H and O–H groups in total. The number of rotatable bonds is 12. The van der Waals surface area contributed by atoms with Crippen LogP contribution in [0.4, 0.5) is 10.1 Å². The zero-order valence-electron chi connectivity index (χ0n) is 24.6. The van der Waals surface area contributed by atoms with Crippen LogP contribution in [0.5, 0.6) is 0 Å². The Morgan fingerprint density at radius 1 is 0.956 bits per heavy atom. The summed E-state index contributed by atoms with van der Waals surface area (Å²) in [4.78, 5) is 25.0. The summed E-state index contributed by atoms with van der Waals surface area (Å²) in [5.74, 6) is -2.24. The van der Waals surface area contributed by atoms with Gasteiger partial charge in [-0.3, -0.25) is 9.59 Å². The SMILES string of the molecule is CC(C)n1c(/C=C/C(O)C[C@@H](O)CC(=O)O)c(-c2ccc(F)cc2)c(-c2ccccc2)c1C(=O)Nc1cccc(S(N)(=O)=O)c1. The topological polar surface area (TPSA) is 172 Å². The Morgan fingerprint density at radius 2 is 1.60 bits per heavy atom. The van der Waals surface area contributed by atoms with Crippen molar-refractivity contribution in [1.82, 2.24) is 4.57 Å². The van der Waals surface area contributed by atoms with E-state index < -0.39 is 46.3 Å². The first-order valence-electron chi connectivity index (χ1n) is 14.1. The molecule has 45 heavy (non-hydrogen) atoms. The second-order valence-corrected chi connectivity index (χ2v) is 12.3. The molecule has 0 spiro atoms. The maximum atomic E-state index is 14.2. The summed E-state index contributed by atoms with van der Waals surface area (Å²) in [5, 5.41) is 37.8. The highest BCUT2D eigenvalue weighted by Gasteiger charge is 2.29. The fourth-order valence-electron chi connectivity index (χ4n) is 5.11. The number of carbonyl (C=O) groups excluding carboxylic acids is 1. The number of amides is 1. The lowest BCUT2D eigenvalue weighted by Crippen LogP contribution is -2.20. The minimum absolute atomic E-state index is 0.183. The van der Waals surface area contributed by atoms with Gasteiger partial charge in [0, 0.05) is 35.0 Å². The van der Waals surface area contributed by atoms with Gasteiger partial charge in [-0.25, -0.2) is 17.9 Å². The van der Waals surface area contributed by atoms with Crippen molar-refractivity contribution in [3.05, 3.63) is 102 Å². The Hall–Kier alpha value is -4.62. The molecule has 10 nitrogen and oxygen atoms in total. The normalized spacial score (nSPS) is 13.2. The summed E-state index contributed by atoms with van der Waals surface area (Å²) in [5.41, 5.74) is 3.14. The molecule has 0 bridgehead atoms. The number of anilines is 1. The lowest BCUT2D eigenvalue weighted by Gasteiger charge is -2.17. The highest BCUT2D eigenvalue weighted by Crippen LogP contribution is 2.43. The molecule has 0 saturated carbocycles. The number of aromatic nitrogens is 1. The van der Waals surface area contributed by atoms with Crippen LogP contribution in [0.1, 0.15) is 48.9 Å². The Bertz CT molecular complexity index is 1820. The molecule has 0 aliphatic rings. The molecular weight excluding hydrogens is 601 g/mol. The predicted molar refractivity (Wildman–Crippen MR) is 169 cm³/mol. The average Bonchev–Trinajstić information content (AvgIpc) is 3.32. The van der Waals surface area contributed by atoms with Gasteiger partial charge in [0.2, 0.25) is 10.0 Å². The fraction of sp³-hybridized carbons (Fsp3) is 0.212. The minimum Gasteiger partial charge on any atom is -0.481 e. The summed E-state index contributed by atoms with van der Waals surface area (Å²) >= 11 is 0. The number of primary sulfonamides is 1. The van der Waals surface area contributed by atoms with Crippen molar-refractivity contribution in [2.75, 3.05) is 5.32 Å². The second kappa shape index (κ2) is 14.0. The van der Waals surface area contributed by atoms with E-state index in [4.69, 9.17) is 10.2 Å². The molecule has 236 valence electrons. The third-order valence-electron chi connectivity index (χ3n) is 6.99. The van der Waals surface area contributed by atoms with E-state index in [1.54, 1.807) is 34.9 Å². The molecule has 0 radical (unpaired) electrons. The number of nitrogens with two attached hydrogens (primary N) is 1. The Labute approximate surface area is 260 Å². The van der Waals surface area contributed by atoms with Crippen molar-refractivity contribution in [2.45, 2.75) is 49.8 Å². The number of aliphatic hydroxyl groups excluding tert-OH is 2. The smallest absolute Gasteiger partial charge is 0.305 e. The highest BCUT2D eigenvalue weighted by molar-refractivity contribution is 7.89. The summed E-state index contributed by atoms with van der Waals surface area (Å²) < 4.78 is 39.7. The van der Waals surface area contributed by atoms with Gasteiger partial charge in [-0.15, -0.1) is 0 Å². The van der Waals surface area contributed by atoms with Crippen LogP contribution >= 0.6 is 0 Å². The molecule has 0 saturated heterocycles. The van der Waals surface area contributed by atoms with Crippen molar-refractivity contribution in [2.24, 2.45) is 5.14 Å². The van der Waals surface area contributed by atoms with Gasteiger partial charge in [-0.2, -0.15) is 0 Å². The van der Waals surface area contributed by atoms with Crippen LogP contribution in [-0.2, 0) is 14.8 Å². The number of aliphatic hydroxyl groups is 2. The van der Waals surface area contributed by atoms with Crippen LogP contribution in [0, 0.1) is 5.82 Å². The summed E-state index contributed by atoms with van der Waals surface area (Å²) in [6.45, 7) is 3.71. The highest BCUT2D eigenvalue weighted by atomic mass is 32.2. The van der Waals surface area contributed by atoms with Crippen molar-refractivity contribution in [1.29, 1.82) is 0 Å². The predicted octanol–water partition coefficient (Wildman–Crippen LogP) is 5.04. The largest absolute Gasteiger partial charge is 0.481 e. The lowest BCUT2D eigenvalue weighted by molar-refractivity contribution is -0.139. The van der Waals surface area contributed by atoms with Crippen LogP contribution in [0.2, 0.25) is 0 Å². The molecule has 4 aromatic rings. The first kappa shape index (κ1) is 33.3. The summed E-state index contributed by atoms with van der Waals surface area (Å²) in [7, 11) is -4.04.